The standard InChI is InChI=1S/C7H9NOS/c1-3-6(9)7-5(2)8-4-10-7/h3-4,9H,1-2H3/b6-3+. The minimum atomic E-state index is 0.319. The van der Waals surface area contributed by atoms with Crippen LogP contribution in [0.25, 0.3) is 5.76 Å². The largest absolute Gasteiger partial charge is 0.507 e. The average molecular weight is 155 g/mol. The number of nitrogens with zero attached hydrogens (tertiary/aromatic N) is 1. The van der Waals surface area contributed by atoms with E-state index in [2.05, 4.69) is 4.98 Å². The second-order valence-electron chi connectivity index (χ2n) is 1.94. The summed E-state index contributed by atoms with van der Waals surface area (Å²) >= 11 is 1.45. The van der Waals surface area contributed by atoms with Gasteiger partial charge in [-0.25, -0.2) is 4.98 Å². The Balaban J connectivity index is 3.05. The van der Waals surface area contributed by atoms with Gasteiger partial charge in [0.15, 0.2) is 0 Å². The monoisotopic (exact) mass is 155 g/mol. The fourth-order valence-electron chi connectivity index (χ4n) is 0.679. The summed E-state index contributed by atoms with van der Waals surface area (Å²) in [6.45, 7) is 3.68. The van der Waals surface area contributed by atoms with E-state index in [1.807, 2.05) is 6.92 Å². The topological polar surface area (TPSA) is 33.1 Å². The summed E-state index contributed by atoms with van der Waals surface area (Å²) in [7, 11) is 0. The summed E-state index contributed by atoms with van der Waals surface area (Å²) in [5, 5.41) is 9.23. The molecule has 0 aliphatic rings. The Morgan fingerprint density at radius 3 is 2.90 bits per heavy atom. The third-order valence-corrected chi connectivity index (χ3v) is 2.20. The molecule has 0 unspecified atom stereocenters. The second-order valence-corrected chi connectivity index (χ2v) is 2.80. The number of aryl methyl sites for hydroxylation is 1. The van der Waals surface area contributed by atoms with Gasteiger partial charge in [0.1, 0.15) is 5.76 Å². The SMILES string of the molecule is C/C=C(/O)c1scnc1C. The van der Waals surface area contributed by atoms with Crippen molar-refractivity contribution in [2.24, 2.45) is 0 Å². The van der Waals surface area contributed by atoms with Crippen molar-refractivity contribution in [3.63, 3.8) is 0 Å². The normalized spacial score (nSPS) is 12.0. The van der Waals surface area contributed by atoms with Crippen molar-refractivity contribution in [3.05, 3.63) is 22.2 Å². The molecule has 1 heterocycles. The van der Waals surface area contributed by atoms with Crippen molar-refractivity contribution >= 4 is 17.1 Å². The van der Waals surface area contributed by atoms with Gasteiger partial charge in [0.05, 0.1) is 16.1 Å². The number of aliphatic hydroxyl groups is 1. The van der Waals surface area contributed by atoms with Crippen LogP contribution < -0.4 is 0 Å². The minimum Gasteiger partial charge on any atom is -0.507 e. The van der Waals surface area contributed by atoms with Crippen LogP contribution in [0.4, 0.5) is 0 Å². The molecule has 2 nitrogen and oxygen atoms in total. The van der Waals surface area contributed by atoms with E-state index >= 15 is 0 Å². The lowest BCUT2D eigenvalue weighted by molar-refractivity contribution is 0.512. The molecule has 0 saturated heterocycles. The molecular formula is C7H9NOS. The van der Waals surface area contributed by atoms with Crippen LogP contribution in [-0.2, 0) is 0 Å². The van der Waals surface area contributed by atoms with Gasteiger partial charge in [0.25, 0.3) is 0 Å². The van der Waals surface area contributed by atoms with Crippen LogP contribution in [0, 0.1) is 6.92 Å². The molecule has 1 rings (SSSR count). The Morgan fingerprint density at radius 1 is 1.80 bits per heavy atom. The summed E-state index contributed by atoms with van der Waals surface area (Å²) in [6.07, 6.45) is 1.67. The minimum absolute atomic E-state index is 0.319. The van der Waals surface area contributed by atoms with Crippen molar-refractivity contribution in [2.75, 3.05) is 0 Å². The van der Waals surface area contributed by atoms with Crippen molar-refractivity contribution < 1.29 is 5.11 Å². The highest BCUT2D eigenvalue weighted by molar-refractivity contribution is 7.10. The Hall–Kier alpha value is -0.830. The number of allylic oxidation sites excluding steroid dienone is 1. The van der Waals surface area contributed by atoms with Crippen LogP contribution >= 0.6 is 11.3 Å². The number of aromatic nitrogens is 1. The van der Waals surface area contributed by atoms with E-state index < -0.39 is 0 Å². The Labute approximate surface area is 63.9 Å². The Kier molecular flexibility index (Phi) is 2.06. The highest BCUT2D eigenvalue weighted by atomic mass is 32.1. The van der Waals surface area contributed by atoms with Gasteiger partial charge in [0.2, 0.25) is 0 Å². The predicted octanol–water partition coefficient (Wildman–Crippen LogP) is 2.37. The van der Waals surface area contributed by atoms with Gasteiger partial charge in [-0.15, -0.1) is 11.3 Å². The lowest BCUT2D eigenvalue weighted by atomic mass is 10.3. The van der Waals surface area contributed by atoms with E-state index in [4.69, 9.17) is 0 Å². The van der Waals surface area contributed by atoms with Gasteiger partial charge in [-0.1, -0.05) is 0 Å². The molecule has 0 fully saturated rings. The van der Waals surface area contributed by atoms with Crippen LogP contribution in [0.1, 0.15) is 17.5 Å². The van der Waals surface area contributed by atoms with Gasteiger partial charge < -0.3 is 5.11 Å². The number of thiazole rings is 1. The van der Waals surface area contributed by atoms with Gasteiger partial charge in [-0.3, -0.25) is 0 Å². The first-order chi connectivity index (χ1) is 4.75. The van der Waals surface area contributed by atoms with Crippen LogP contribution in [-0.4, -0.2) is 10.1 Å². The van der Waals surface area contributed by atoms with Crippen molar-refractivity contribution in [1.29, 1.82) is 0 Å². The molecule has 0 spiro atoms. The summed E-state index contributed by atoms with van der Waals surface area (Å²) < 4.78 is 0. The highest BCUT2D eigenvalue weighted by Crippen LogP contribution is 2.19. The fourth-order valence-corrected chi connectivity index (χ4v) is 1.46. The zero-order valence-corrected chi connectivity index (χ0v) is 6.77. The average Bonchev–Trinajstić information content (AvgIpc) is 2.34. The van der Waals surface area contributed by atoms with Crippen molar-refractivity contribution in [2.45, 2.75) is 13.8 Å². The molecule has 0 atom stereocenters. The first-order valence-corrected chi connectivity index (χ1v) is 3.89. The molecular weight excluding hydrogens is 146 g/mol. The molecule has 3 heteroatoms. The molecule has 0 saturated carbocycles. The lowest BCUT2D eigenvalue weighted by Gasteiger charge is -1.93. The van der Waals surface area contributed by atoms with Crippen LogP contribution in [0.3, 0.4) is 0 Å². The molecule has 0 bridgehead atoms. The van der Waals surface area contributed by atoms with E-state index in [0.29, 0.717) is 5.76 Å². The zero-order valence-electron chi connectivity index (χ0n) is 5.96. The molecule has 10 heavy (non-hydrogen) atoms. The third kappa shape index (κ3) is 1.19. The molecule has 1 aromatic heterocycles. The molecule has 1 aromatic rings. The summed E-state index contributed by atoms with van der Waals surface area (Å²) in [5.74, 6) is 0.319. The summed E-state index contributed by atoms with van der Waals surface area (Å²) in [4.78, 5) is 4.87. The molecule has 0 amide bonds. The zero-order chi connectivity index (χ0) is 7.56. The quantitative estimate of drug-likeness (QED) is 0.631. The highest BCUT2D eigenvalue weighted by Gasteiger charge is 2.03. The molecule has 1 N–H and O–H groups in total. The van der Waals surface area contributed by atoms with Gasteiger partial charge in [-0.2, -0.15) is 0 Å². The molecule has 0 aromatic carbocycles. The van der Waals surface area contributed by atoms with Crippen LogP contribution in [0.5, 0.6) is 0 Å². The maximum absolute atomic E-state index is 9.23. The fraction of sp³-hybridized carbons (Fsp3) is 0.286. The first kappa shape index (κ1) is 7.28. The van der Waals surface area contributed by atoms with Crippen molar-refractivity contribution in [3.8, 4) is 0 Å². The maximum Gasteiger partial charge on any atom is 0.130 e. The molecule has 0 radical (unpaired) electrons. The van der Waals surface area contributed by atoms with Crippen LogP contribution in [0.2, 0.25) is 0 Å². The predicted molar refractivity (Wildman–Crippen MR) is 43.1 cm³/mol. The lowest BCUT2D eigenvalue weighted by Crippen LogP contribution is -1.80. The number of hydrogen-bond acceptors (Lipinski definition) is 3. The van der Waals surface area contributed by atoms with E-state index in [9.17, 15) is 5.11 Å². The number of rotatable bonds is 1. The summed E-state index contributed by atoms with van der Waals surface area (Å²) in [6, 6.07) is 0. The molecule has 0 aliphatic carbocycles. The van der Waals surface area contributed by atoms with E-state index in [1.54, 1.807) is 18.5 Å². The molecule has 0 aliphatic heterocycles. The smallest absolute Gasteiger partial charge is 0.130 e. The van der Waals surface area contributed by atoms with Gasteiger partial charge in [0, 0.05) is 0 Å². The van der Waals surface area contributed by atoms with Gasteiger partial charge >= 0.3 is 0 Å². The van der Waals surface area contributed by atoms with E-state index in [-0.39, 0.29) is 0 Å². The first-order valence-electron chi connectivity index (χ1n) is 3.01. The second kappa shape index (κ2) is 2.84. The Morgan fingerprint density at radius 2 is 2.50 bits per heavy atom. The van der Waals surface area contributed by atoms with Gasteiger partial charge in [-0.05, 0) is 19.9 Å². The van der Waals surface area contributed by atoms with Crippen molar-refractivity contribution in [1.82, 2.24) is 4.98 Å². The van der Waals surface area contributed by atoms with E-state index in [1.165, 1.54) is 11.3 Å². The maximum atomic E-state index is 9.23. The number of hydrogen-bond donors (Lipinski definition) is 1. The Bertz CT molecular complexity index is 252. The summed E-state index contributed by atoms with van der Waals surface area (Å²) in [5.41, 5.74) is 2.62. The molecule has 54 valence electrons. The third-order valence-electron chi connectivity index (χ3n) is 1.25. The number of aliphatic hydroxyl groups excluding tert-OH is 1. The van der Waals surface area contributed by atoms with E-state index in [0.717, 1.165) is 10.6 Å². The van der Waals surface area contributed by atoms with Crippen LogP contribution in [0.15, 0.2) is 11.6 Å².